The van der Waals surface area contributed by atoms with E-state index in [0.717, 1.165) is 33.4 Å². The first-order valence-electron chi connectivity index (χ1n) is 6.74. The number of para-hydroxylation sites is 1. The zero-order chi connectivity index (χ0) is 14.3. The third-order valence-electron chi connectivity index (χ3n) is 4.04. The number of hydrogen-bond acceptors (Lipinski definition) is 2. The molecule has 20 heavy (non-hydrogen) atoms. The highest BCUT2D eigenvalue weighted by Crippen LogP contribution is 2.28. The van der Waals surface area contributed by atoms with Gasteiger partial charge in [0.2, 0.25) is 0 Å². The fraction of sp³-hybridized carbons (Fsp3) is 0.235. The lowest BCUT2D eigenvalue weighted by Crippen LogP contribution is -2.09. The number of fused-ring (bicyclic) bond motifs is 1. The van der Waals surface area contributed by atoms with Gasteiger partial charge in [-0.2, -0.15) is 0 Å². The fourth-order valence-corrected chi connectivity index (χ4v) is 2.64. The molecule has 1 unspecified atom stereocenters. The van der Waals surface area contributed by atoms with Crippen molar-refractivity contribution in [2.75, 3.05) is 0 Å². The smallest absolute Gasteiger partial charge is 0.136 e. The molecule has 0 fully saturated rings. The minimum atomic E-state index is -0.702. The molecule has 0 bridgehead atoms. The zero-order valence-electron chi connectivity index (χ0n) is 12.0. The molecule has 3 nitrogen and oxygen atoms in total. The Labute approximate surface area is 118 Å². The molecule has 1 N–H and O–H groups in total. The predicted octanol–water partition coefficient (Wildman–Crippen LogP) is 3.27. The number of aliphatic hydroxyl groups excluding tert-OH is 1. The van der Waals surface area contributed by atoms with Crippen molar-refractivity contribution < 1.29 is 5.11 Å². The van der Waals surface area contributed by atoms with E-state index in [2.05, 4.69) is 17.1 Å². The fourth-order valence-electron chi connectivity index (χ4n) is 2.64. The van der Waals surface area contributed by atoms with Crippen molar-refractivity contribution in [1.82, 2.24) is 9.55 Å². The molecule has 0 aliphatic carbocycles. The van der Waals surface area contributed by atoms with Crippen LogP contribution in [0.3, 0.4) is 0 Å². The second-order valence-electron chi connectivity index (χ2n) is 5.23. The number of aliphatic hydroxyl groups is 1. The number of benzene rings is 1. The van der Waals surface area contributed by atoms with Gasteiger partial charge in [-0.25, -0.2) is 0 Å². The van der Waals surface area contributed by atoms with Gasteiger partial charge < -0.3 is 9.67 Å². The quantitative estimate of drug-likeness (QED) is 0.773. The zero-order valence-corrected chi connectivity index (χ0v) is 12.0. The first-order chi connectivity index (χ1) is 9.59. The van der Waals surface area contributed by atoms with Crippen LogP contribution in [0.1, 0.15) is 28.6 Å². The van der Waals surface area contributed by atoms with Crippen LogP contribution in [0.15, 0.2) is 42.6 Å². The van der Waals surface area contributed by atoms with Crippen molar-refractivity contribution >= 4 is 10.9 Å². The Kier molecular flexibility index (Phi) is 3.07. The summed E-state index contributed by atoms with van der Waals surface area (Å²) < 4.78 is 2.03. The summed E-state index contributed by atoms with van der Waals surface area (Å²) in [6.45, 7) is 4.04. The van der Waals surface area contributed by atoms with Crippen LogP contribution < -0.4 is 0 Å². The number of pyridine rings is 1. The highest BCUT2D eigenvalue weighted by Gasteiger charge is 2.19. The van der Waals surface area contributed by atoms with E-state index in [1.54, 1.807) is 6.20 Å². The Balaban J connectivity index is 2.15. The van der Waals surface area contributed by atoms with Gasteiger partial charge in [-0.15, -0.1) is 0 Å². The van der Waals surface area contributed by atoms with Crippen LogP contribution in [0, 0.1) is 13.8 Å². The number of aryl methyl sites for hydroxylation is 2. The minimum Gasteiger partial charge on any atom is -0.380 e. The van der Waals surface area contributed by atoms with Gasteiger partial charge in [0.15, 0.2) is 0 Å². The van der Waals surface area contributed by atoms with Crippen LogP contribution in [0.4, 0.5) is 0 Å². The third-order valence-corrected chi connectivity index (χ3v) is 4.04. The highest BCUT2D eigenvalue weighted by molar-refractivity contribution is 5.81. The van der Waals surface area contributed by atoms with E-state index < -0.39 is 6.10 Å². The molecule has 0 radical (unpaired) electrons. The normalized spacial score (nSPS) is 12.8. The Morgan fingerprint density at radius 2 is 1.90 bits per heavy atom. The third kappa shape index (κ3) is 1.91. The first kappa shape index (κ1) is 12.9. The Bertz CT molecular complexity index is 774. The summed E-state index contributed by atoms with van der Waals surface area (Å²) in [5.74, 6) is 0. The van der Waals surface area contributed by atoms with Crippen LogP contribution in [0.25, 0.3) is 10.9 Å². The van der Waals surface area contributed by atoms with Gasteiger partial charge >= 0.3 is 0 Å². The summed E-state index contributed by atoms with van der Waals surface area (Å²) >= 11 is 0. The maximum Gasteiger partial charge on any atom is 0.136 e. The largest absolute Gasteiger partial charge is 0.380 e. The Morgan fingerprint density at radius 3 is 2.65 bits per heavy atom. The van der Waals surface area contributed by atoms with Gasteiger partial charge in [-0.3, -0.25) is 4.98 Å². The SMILES string of the molecule is Cc1ccnc(C(O)c2cc3ccccc3n2C)c1C. The van der Waals surface area contributed by atoms with E-state index in [1.165, 1.54) is 0 Å². The number of rotatable bonds is 2. The molecule has 1 atom stereocenters. The summed E-state index contributed by atoms with van der Waals surface area (Å²) in [6, 6.07) is 12.1. The van der Waals surface area contributed by atoms with Gasteiger partial charge in [0.05, 0.1) is 11.4 Å². The van der Waals surface area contributed by atoms with Gasteiger partial charge in [-0.05, 0) is 48.6 Å². The van der Waals surface area contributed by atoms with Crippen LogP contribution in [0.5, 0.6) is 0 Å². The summed E-state index contributed by atoms with van der Waals surface area (Å²) in [5.41, 5.74) is 4.91. The van der Waals surface area contributed by atoms with E-state index in [0.29, 0.717) is 0 Å². The molecular weight excluding hydrogens is 248 g/mol. The molecule has 0 saturated carbocycles. The molecule has 2 heterocycles. The number of nitrogens with zero attached hydrogens (tertiary/aromatic N) is 2. The molecule has 2 aromatic heterocycles. The first-order valence-corrected chi connectivity index (χ1v) is 6.74. The van der Waals surface area contributed by atoms with Crippen LogP contribution in [-0.4, -0.2) is 14.7 Å². The minimum absolute atomic E-state index is 0.702. The van der Waals surface area contributed by atoms with Crippen molar-refractivity contribution in [3.63, 3.8) is 0 Å². The molecule has 3 heteroatoms. The maximum atomic E-state index is 10.7. The Hall–Kier alpha value is -2.13. The molecule has 3 aromatic rings. The average Bonchev–Trinajstić information content (AvgIpc) is 2.79. The molecule has 0 aliphatic heterocycles. The van der Waals surface area contributed by atoms with Crippen molar-refractivity contribution in [3.8, 4) is 0 Å². The van der Waals surface area contributed by atoms with Crippen LogP contribution >= 0.6 is 0 Å². The Morgan fingerprint density at radius 1 is 1.15 bits per heavy atom. The number of hydrogen-bond donors (Lipinski definition) is 1. The van der Waals surface area contributed by atoms with E-state index in [1.807, 2.05) is 49.7 Å². The van der Waals surface area contributed by atoms with Gasteiger partial charge in [0.1, 0.15) is 6.10 Å². The molecule has 0 spiro atoms. The predicted molar refractivity (Wildman–Crippen MR) is 80.7 cm³/mol. The van der Waals surface area contributed by atoms with E-state index >= 15 is 0 Å². The van der Waals surface area contributed by atoms with E-state index in [9.17, 15) is 5.11 Å². The second-order valence-corrected chi connectivity index (χ2v) is 5.23. The van der Waals surface area contributed by atoms with E-state index in [-0.39, 0.29) is 0 Å². The van der Waals surface area contributed by atoms with Crippen molar-refractivity contribution in [3.05, 3.63) is 65.1 Å². The van der Waals surface area contributed by atoms with Crippen LogP contribution in [-0.2, 0) is 7.05 Å². The van der Waals surface area contributed by atoms with Gasteiger partial charge in [0, 0.05) is 18.8 Å². The second kappa shape index (κ2) is 4.76. The number of aromatic nitrogens is 2. The lowest BCUT2D eigenvalue weighted by atomic mass is 10.0. The lowest BCUT2D eigenvalue weighted by Gasteiger charge is -2.15. The monoisotopic (exact) mass is 266 g/mol. The molecule has 1 aromatic carbocycles. The summed E-state index contributed by atoms with van der Waals surface area (Å²) in [5, 5.41) is 11.8. The van der Waals surface area contributed by atoms with Crippen molar-refractivity contribution in [1.29, 1.82) is 0 Å². The van der Waals surface area contributed by atoms with Gasteiger partial charge in [0.25, 0.3) is 0 Å². The summed E-state index contributed by atoms with van der Waals surface area (Å²) in [6.07, 6.45) is 1.05. The molecule has 0 aliphatic rings. The van der Waals surface area contributed by atoms with Gasteiger partial charge in [-0.1, -0.05) is 18.2 Å². The molecule has 3 rings (SSSR count). The average molecular weight is 266 g/mol. The maximum absolute atomic E-state index is 10.7. The molecule has 0 saturated heterocycles. The van der Waals surface area contributed by atoms with Crippen molar-refractivity contribution in [2.24, 2.45) is 7.05 Å². The van der Waals surface area contributed by atoms with Crippen molar-refractivity contribution in [2.45, 2.75) is 20.0 Å². The summed E-state index contributed by atoms with van der Waals surface area (Å²) in [7, 11) is 1.98. The standard InChI is InChI=1S/C17H18N2O/c1-11-8-9-18-16(12(11)2)17(20)15-10-13-6-4-5-7-14(13)19(15)3/h4-10,17,20H,1-3H3. The summed E-state index contributed by atoms with van der Waals surface area (Å²) in [4.78, 5) is 4.36. The molecule has 102 valence electrons. The topological polar surface area (TPSA) is 38.1 Å². The molecule has 0 amide bonds. The molecular formula is C17H18N2O. The lowest BCUT2D eigenvalue weighted by molar-refractivity contribution is 0.206. The van der Waals surface area contributed by atoms with Crippen LogP contribution in [0.2, 0.25) is 0 Å². The highest BCUT2D eigenvalue weighted by atomic mass is 16.3. The van der Waals surface area contributed by atoms with E-state index in [4.69, 9.17) is 0 Å².